The molecule has 1 aliphatic carbocycles. The van der Waals surface area contributed by atoms with Crippen molar-refractivity contribution in [2.75, 3.05) is 27.8 Å². The summed E-state index contributed by atoms with van der Waals surface area (Å²) in [4.78, 5) is 57.4. The number of aliphatic hydroxyl groups is 1. The molecule has 12 heteroatoms. The number of amides is 4. The fraction of sp³-hybridized carbons (Fsp3) is 0.722. The van der Waals surface area contributed by atoms with Crippen LogP contribution in [0.1, 0.15) is 85.3 Å². The van der Waals surface area contributed by atoms with Gasteiger partial charge in [-0.25, -0.2) is 0 Å². The number of aliphatic hydroxyl groups excluding tert-OH is 1. The van der Waals surface area contributed by atoms with E-state index in [-0.39, 0.29) is 48.1 Å². The van der Waals surface area contributed by atoms with Gasteiger partial charge in [0.2, 0.25) is 23.6 Å². The molecule has 1 aromatic rings. The zero-order chi connectivity index (χ0) is 35.9. The molecule has 3 rings (SSSR count). The van der Waals surface area contributed by atoms with Crippen LogP contribution in [0, 0.1) is 17.8 Å². The average molecular weight is 674 g/mol. The zero-order valence-electron chi connectivity index (χ0n) is 30.3. The molecule has 48 heavy (non-hydrogen) atoms. The topological polar surface area (TPSA) is 164 Å². The van der Waals surface area contributed by atoms with Crippen LogP contribution in [0.3, 0.4) is 0 Å². The van der Waals surface area contributed by atoms with E-state index in [4.69, 9.17) is 15.2 Å². The Morgan fingerprint density at radius 2 is 1.65 bits per heavy atom. The van der Waals surface area contributed by atoms with E-state index in [0.29, 0.717) is 18.5 Å². The van der Waals surface area contributed by atoms with Crippen LogP contribution in [-0.2, 0) is 28.7 Å². The molecule has 1 heterocycles. The summed E-state index contributed by atoms with van der Waals surface area (Å²) in [6, 6.07) is 7.17. The lowest BCUT2D eigenvalue weighted by molar-refractivity contribution is -0.147. The highest BCUT2D eigenvalue weighted by molar-refractivity contribution is 5.91. The lowest BCUT2D eigenvalue weighted by Gasteiger charge is -2.39. The molecule has 4 amide bonds. The summed E-state index contributed by atoms with van der Waals surface area (Å²) in [6.07, 6.45) is 1.31. The molecule has 8 unspecified atom stereocenters. The minimum Gasteiger partial charge on any atom is -0.386 e. The van der Waals surface area contributed by atoms with Gasteiger partial charge in [-0.2, -0.15) is 0 Å². The van der Waals surface area contributed by atoms with E-state index in [9.17, 15) is 24.3 Å². The number of ether oxygens (including phenoxy) is 2. The Kier molecular flexibility index (Phi) is 14.0. The van der Waals surface area contributed by atoms with Crippen LogP contribution < -0.4 is 16.4 Å². The third-order valence-corrected chi connectivity index (χ3v) is 9.93. The second-order valence-electron chi connectivity index (χ2n) is 14.6. The monoisotopic (exact) mass is 673 g/mol. The van der Waals surface area contributed by atoms with Crippen LogP contribution in [0.25, 0.3) is 0 Å². The Balaban J connectivity index is 1.71. The van der Waals surface area contributed by atoms with Crippen molar-refractivity contribution in [3.63, 3.8) is 0 Å². The maximum atomic E-state index is 14.0. The molecular weight excluding hydrogens is 614 g/mol. The van der Waals surface area contributed by atoms with E-state index in [0.717, 1.165) is 19.3 Å². The minimum atomic E-state index is -1.14. The summed E-state index contributed by atoms with van der Waals surface area (Å²) in [6.45, 7) is 11.0. The lowest BCUT2D eigenvalue weighted by Crippen LogP contribution is -2.60. The molecule has 270 valence electrons. The first-order valence-corrected chi connectivity index (χ1v) is 17.3. The summed E-state index contributed by atoms with van der Waals surface area (Å²) in [5, 5.41) is 16.5. The number of carbonyl (C=O) groups is 4. The molecule has 1 saturated carbocycles. The number of nitrogens with two attached hydrogens (primary N) is 1. The smallest absolute Gasteiger partial charge is 0.245 e. The number of hydrogen-bond acceptors (Lipinski definition) is 8. The number of likely N-dealkylation sites (N-methyl/N-ethyl adjacent to an activating group) is 1. The fourth-order valence-electron chi connectivity index (χ4n) is 6.81. The third kappa shape index (κ3) is 9.77. The Labute approximate surface area is 286 Å². The largest absolute Gasteiger partial charge is 0.386 e. The van der Waals surface area contributed by atoms with Crippen molar-refractivity contribution in [3.8, 4) is 0 Å². The molecule has 0 radical (unpaired) electrons. The molecule has 1 aliphatic heterocycles. The van der Waals surface area contributed by atoms with E-state index in [1.54, 1.807) is 58.8 Å². The van der Waals surface area contributed by atoms with Gasteiger partial charge in [0.05, 0.1) is 54.3 Å². The molecule has 0 aromatic heterocycles. The van der Waals surface area contributed by atoms with Gasteiger partial charge in [-0.05, 0) is 63.9 Å². The predicted octanol–water partition coefficient (Wildman–Crippen LogP) is 2.39. The molecule has 2 fully saturated rings. The minimum absolute atomic E-state index is 0.0532. The van der Waals surface area contributed by atoms with Crippen LogP contribution in [-0.4, -0.2) is 108 Å². The number of hydrogen-bond donors (Lipinski definition) is 4. The van der Waals surface area contributed by atoms with Gasteiger partial charge in [-0.15, -0.1) is 0 Å². The highest BCUT2D eigenvalue weighted by Crippen LogP contribution is 2.39. The standard InChI is InChI=1S/C36H59N5O7/c1-21(2)29(39-35(46)36(5,6)37)34(45)40(7)30(24-17-18-24)27(47-8)20-28(42)41-19-13-16-26(41)32(48-9)22(3)33(44)38-23(4)31(43)25-14-11-10-12-15-25/h10-12,14-15,21-24,26-27,29-32,43H,13,16-20,37H2,1-9H3,(H,38,44)(H,39,46). The van der Waals surface area contributed by atoms with Crippen molar-refractivity contribution in [2.45, 2.75) is 122 Å². The van der Waals surface area contributed by atoms with Crippen molar-refractivity contribution in [2.24, 2.45) is 23.5 Å². The number of benzene rings is 1. The number of nitrogens with one attached hydrogen (secondary N) is 2. The van der Waals surface area contributed by atoms with Gasteiger partial charge < -0.3 is 40.7 Å². The summed E-state index contributed by atoms with van der Waals surface area (Å²) >= 11 is 0. The molecule has 12 nitrogen and oxygen atoms in total. The fourth-order valence-corrected chi connectivity index (χ4v) is 6.81. The van der Waals surface area contributed by atoms with E-state index >= 15 is 0 Å². The normalized spacial score (nSPS) is 21.1. The van der Waals surface area contributed by atoms with Crippen molar-refractivity contribution in [1.82, 2.24) is 20.4 Å². The number of nitrogens with zero attached hydrogens (tertiary/aromatic N) is 2. The van der Waals surface area contributed by atoms with Crippen molar-refractivity contribution >= 4 is 23.6 Å². The van der Waals surface area contributed by atoms with Gasteiger partial charge in [0.25, 0.3) is 0 Å². The second kappa shape index (κ2) is 17.0. The van der Waals surface area contributed by atoms with Gasteiger partial charge >= 0.3 is 0 Å². The predicted molar refractivity (Wildman–Crippen MR) is 183 cm³/mol. The number of carbonyl (C=O) groups excluding carboxylic acids is 4. The zero-order valence-corrected chi connectivity index (χ0v) is 30.3. The van der Waals surface area contributed by atoms with Crippen LogP contribution in [0.5, 0.6) is 0 Å². The Hall–Kier alpha value is -3.06. The summed E-state index contributed by atoms with van der Waals surface area (Å²) in [5.74, 6) is -1.67. The van der Waals surface area contributed by atoms with Crippen molar-refractivity contribution in [1.29, 1.82) is 0 Å². The van der Waals surface area contributed by atoms with E-state index in [1.807, 2.05) is 44.2 Å². The van der Waals surface area contributed by atoms with Gasteiger partial charge in [0.15, 0.2) is 0 Å². The summed E-state index contributed by atoms with van der Waals surface area (Å²) in [7, 11) is 4.82. The van der Waals surface area contributed by atoms with Gasteiger partial charge in [-0.1, -0.05) is 51.1 Å². The number of likely N-dealkylation sites (tertiary alicyclic amines) is 1. The Bertz CT molecular complexity index is 1230. The van der Waals surface area contributed by atoms with Crippen LogP contribution in [0.2, 0.25) is 0 Å². The van der Waals surface area contributed by atoms with Crippen molar-refractivity contribution in [3.05, 3.63) is 35.9 Å². The first-order chi connectivity index (χ1) is 22.5. The molecule has 0 spiro atoms. The van der Waals surface area contributed by atoms with Crippen molar-refractivity contribution < 1.29 is 33.8 Å². The van der Waals surface area contributed by atoms with Crippen LogP contribution in [0.4, 0.5) is 0 Å². The molecule has 1 aromatic carbocycles. The Morgan fingerprint density at radius 1 is 1.02 bits per heavy atom. The van der Waals surface area contributed by atoms with Crippen LogP contribution in [0.15, 0.2) is 30.3 Å². The molecular formula is C36H59N5O7. The van der Waals surface area contributed by atoms with Crippen LogP contribution >= 0.6 is 0 Å². The molecule has 1 saturated heterocycles. The quantitative estimate of drug-likeness (QED) is 0.196. The summed E-state index contributed by atoms with van der Waals surface area (Å²) in [5.41, 5.74) is 5.57. The molecule has 2 aliphatic rings. The Morgan fingerprint density at radius 3 is 2.17 bits per heavy atom. The van der Waals surface area contributed by atoms with Gasteiger partial charge in [0.1, 0.15) is 6.04 Å². The van der Waals surface area contributed by atoms with E-state index < -0.39 is 47.8 Å². The second-order valence-corrected chi connectivity index (χ2v) is 14.6. The number of rotatable bonds is 17. The van der Waals surface area contributed by atoms with E-state index in [2.05, 4.69) is 10.6 Å². The highest BCUT2D eigenvalue weighted by Gasteiger charge is 2.46. The molecule has 8 atom stereocenters. The number of methoxy groups -OCH3 is 2. The highest BCUT2D eigenvalue weighted by atomic mass is 16.5. The van der Waals surface area contributed by atoms with Gasteiger partial charge in [0, 0.05) is 27.8 Å². The molecule has 0 bridgehead atoms. The van der Waals surface area contributed by atoms with Gasteiger partial charge in [-0.3, -0.25) is 19.2 Å². The first-order valence-electron chi connectivity index (χ1n) is 17.3. The third-order valence-electron chi connectivity index (χ3n) is 9.93. The molecule has 5 N–H and O–H groups in total. The lowest BCUT2D eigenvalue weighted by atomic mass is 9.93. The van der Waals surface area contributed by atoms with E-state index in [1.165, 1.54) is 0 Å². The maximum Gasteiger partial charge on any atom is 0.245 e. The SMILES string of the molecule is COC(CC(=O)N1CCCC1C(OC)C(C)C(=O)NC(C)C(O)c1ccccc1)C(C1CC1)N(C)C(=O)C(NC(=O)C(C)(C)N)C(C)C. The maximum absolute atomic E-state index is 14.0. The average Bonchev–Trinajstić information content (AvgIpc) is 3.77. The summed E-state index contributed by atoms with van der Waals surface area (Å²) < 4.78 is 11.8. The first kappa shape index (κ1) is 39.4.